The number of phosphoric ester groups is 2. The number of carbonyl (C=O) groups is 4. The zero-order valence-electron chi connectivity index (χ0n) is 59.5. The quantitative estimate of drug-likeness (QED) is 0.0222. The topological polar surface area (TPSA) is 237 Å². The van der Waals surface area contributed by atoms with E-state index in [2.05, 4.69) is 55.4 Å². The van der Waals surface area contributed by atoms with Crippen molar-refractivity contribution in [3.05, 3.63) is 0 Å². The molecule has 6 atom stereocenters. The van der Waals surface area contributed by atoms with E-state index in [1.54, 1.807) is 0 Å². The van der Waals surface area contributed by atoms with Crippen LogP contribution in [0.5, 0.6) is 0 Å². The first-order valence-corrected chi connectivity index (χ1v) is 40.2. The second-order valence-corrected chi connectivity index (χ2v) is 30.6. The van der Waals surface area contributed by atoms with Crippen molar-refractivity contribution in [2.24, 2.45) is 23.7 Å². The molecule has 0 aliphatic heterocycles. The van der Waals surface area contributed by atoms with Crippen LogP contribution < -0.4 is 0 Å². The standard InChI is InChI=1S/C72H140O17P2/c1-9-65(8)51-43-35-29-31-39-47-55-72(77)89-68(59-83-70(75)53-45-37-30-28-34-42-50-64(6)7)61-87-91(80,81)85-57-66(73)56-84-90(78,79)86-60-67(58-82-69(74)52-44-36-26-23-22-25-33-41-49-63(4)5)88-71(76)54-46-38-27-21-19-17-15-13-11-10-12-14-16-18-20-24-32-40-48-62(2)3/h62-68,73H,9-61H2,1-8H3,(H,78,79)(H,80,81)/t65?,66-,67-,68-/m1/s1. The van der Waals surface area contributed by atoms with E-state index in [-0.39, 0.29) is 25.7 Å². The Labute approximate surface area is 556 Å². The van der Waals surface area contributed by atoms with Gasteiger partial charge in [-0.1, -0.05) is 306 Å². The summed E-state index contributed by atoms with van der Waals surface area (Å²) in [6.45, 7) is 14.0. The Bertz CT molecular complexity index is 1800. The molecule has 19 heteroatoms. The Balaban J connectivity index is 5.17. The molecule has 3 N–H and O–H groups in total. The van der Waals surface area contributed by atoms with E-state index in [0.29, 0.717) is 31.6 Å². The van der Waals surface area contributed by atoms with Crippen molar-refractivity contribution in [2.75, 3.05) is 39.6 Å². The predicted octanol–water partition coefficient (Wildman–Crippen LogP) is 20.5. The molecule has 0 aromatic rings. The van der Waals surface area contributed by atoms with Gasteiger partial charge in [0.25, 0.3) is 0 Å². The van der Waals surface area contributed by atoms with Gasteiger partial charge in [-0.25, -0.2) is 9.13 Å². The molecule has 0 fully saturated rings. The van der Waals surface area contributed by atoms with Gasteiger partial charge in [-0.05, 0) is 49.4 Å². The number of aliphatic hydroxyl groups excluding tert-OH is 1. The maximum atomic E-state index is 13.0. The van der Waals surface area contributed by atoms with Crippen molar-refractivity contribution in [1.82, 2.24) is 0 Å². The third kappa shape index (κ3) is 65.1. The fraction of sp³-hybridized carbons (Fsp3) is 0.944. The van der Waals surface area contributed by atoms with Crippen LogP contribution in [0.2, 0.25) is 0 Å². The summed E-state index contributed by atoms with van der Waals surface area (Å²) in [6, 6.07) is 0. The Morgan fingerprint density at radius 1 is 0.308 bits per heavy atom. The molecule has 0 aromatic carbocycles. The molecule has 0 amide bonds. The first-order chi connectivity index (χ1) is 43.6. The van der Waals surface area contributed by atoms with E-state index in [0.717, 1.165) is 114 Å². The Morgan fingerprint density at radius 2 is 0.527 bits per heavy atom. The highest BCUT2D eigenvalue weighted by Crippen LogP contribution is 2.45. The van der Waals surface area contributed by atoms with Crippen LogP contribution in [-0.2, 0) is 65.4 Å². The Hall–Kier alpha value is -1.94. The summed E-state index contributed by atoms with van der Waals surface area (Å²) in [5.74, 6) is 0.813. The largest absolute Gasteiger partial charge is 0.472 e. The maximum Gasteiger partial charge on any atom is 0.472 e. The van der Waals surface area contributed by atoms with Crippen LogP contribution >= 0.6 is 15.6 Å². The summed E-state index contributed by atoms with van der Waals surface area (Å²) in [4.78, 5) is 72.5. The molecule has 0 spiro atoms. The van der Waals surface area contributed by atoms with E-state index in [4.69, 9.17) is 37.0 Å². The highest BCUT2D eigenvalue weighted by molar-refractivity contribution is 7.47. The monoisotopic (exact) mass is 1340 g/mol. The lowest BCUT2D eigenvalue weighted by atomic mass is 10.00. The van der Waals surface area contributed by atoms with Crippen LogP contribution in [0.4, 0.5) is 0 Å². The third-order valence-corrected chi connectivity index (χ3v) is 18.8. The first-order valence-electron chi connectivity index (χ1n) is 37.2. The van der Waals surface area contributed by atoms with Gasteiger partial charge in [0.05, 0.1) is 26.4 Å². The maximum absolute atomic E-state index is 13.0. The molecule has 0 aliphatic carbocycles. The molecule has 0 aromatic heterocycles. The van der Waals surface area contributed by atoms with Gasteiger partial charge in [0, 0.05) is 25.7 Å². The van der Waals surface area contributed by atoms with Crippen LogP contribution in [0.15, 0.2) is 0 Å². The lowest BCUT2D eigenvalue weighted by molar-refractivity contribution is -0.161. The first kappa shape index (κ1) is 89.1. The zero-order chi connectivity index (χ0) is 67.5. The van der Waals surface area contributed by atoms with Gasteiger partial charge in [-0.2, -0.15) is 0 Å². The summed E-state index contributed by atoms with van der Waals surface area (Å²) in [6.07, 6.45) is 44.9. The van der Waals surface area contributed by atoms with Crippen LogP contribution in [-0.4, -0.2) is 96.7 Å². The lowest BCUT2D eigenvalue weighted by Gasteiger charge is -2.21. The van der Waals surface area contributed by atoms with Crippen LogP contribution in [0.25, 0.3) is 0 Å². The molecule has 540 valence electrons. The van der Waals surface area contributed by atoms with Gasteiger partial charge in [-0.3, -0.25) is 37.3 Å². The number of hydrogen-bond donors (Lipinski definition) is 3. The summed E-state index contributed by atoms with van der Waals surface area (Å²) >= 11 is 0. The third-order valence-electron chi connectivity index (χ3n) is 16.9. The molecule has 0 heterocycles. The number of unbranched alkanes of at least 4 members (excludes halogenated alkanes) is 34. The van der Waals surface area contributed by atoms with Gasteiger partial charge in [0.2, 0.25) is 0 Å². The second kappa shape index (κ2) is 61.6. The van der Waals surface area contributed by atoms with Crippen molar-refractivity contribution in [1.29, 1.82) is 0 Å². The van der Waals surface area contributed by atoms with Gasteiger partial charge >= 0.3 is 39.5 Å². The smallest absolute Gasteiger partial charge is 0.462 e. The minimum atomic E-state index is -4.95. The van der Waals surface area contributed by atoms with E-state index >= 15 is 0 Å². The fourth-order valence-corrected chi connectivity index (χ4v) is 12.4. The summed E-state index contributed by atoms with van der Waals surface area (Å²) in [7, 11) is -9.90. The van der Waals surface area contributed by atoms with E-state index < -0.39 is 97.5 Å². The molecule has 0 bridgehead atoms. The molecular weight excluding hydrogens is 1200 g/mol. The molecule has 91 heavy (non-hydrogen) atoms. The van der Waals surface area contributed by atoms with Gasteiger partial charge in [-0.15, -0.1) is 0 Å². The predicted molar refractivity (Wildman–Crippen MR) is 367 cm³/mol. The molecule has 0 saturated heterocycles. The van der Waals surface area contributed by atoms with Gasteiger partial charge in [0.15, 0.2) is 12.2 Å². The number of hydrogen-bond acceptors (Lipinski definition) is 15. The van der Waals surface area contributed by atoms with Crippen LogP contribution in [0.1, 0.15) is 357 Å². The summed E-state index contributed by atoms with van der Waals surface area (Å²) < 4.78 is 68.2. The van der Waals surface area contributed by atoms with E-state index in [9.17, 15) is 43.2 Å². The molecule has 0 saturated carbocycles. The SMILES string of the molecule is CCC(C)CCCCCCCCC(=O)O[C@H](COC(=O)CCCCCCCCC(C)C)COP(=O)(O)OC[C@H](O)COP(=O)(O)OC[C@@H](COC(=O)CCCCCCCCCCC(C)C)OC(=O)CCCCCCCCCCCCCCCCCCCCC(C)C. The number of esters is 4. The number of phosphoric acid groups is 2. The lowest BCUT2D eigenvalue weighted by Crippen LogP contribution is -2.30. The van der Waals surface area contributed by atoms with Crippen molar-refractivity contribution in [2.45, 2.75) is 375 Å². The molecule has 0 radical (unpaired) electrons. The Morgan fingerprint density at radius 3 is 0.780 bits per heavy atom. The molecule has 0 rings (SSSR count). The number of aliphatic hydroxyl groups is 1. The summed E-state index contributed by atoms with van der Waals surface area (Å²) in [5, 5.41) is 10.6. The average Bonchev–Trinajstić information content (AvgIpc) is 3.72. The fourth-order valence-electron chi connectivity index (χ4n) is 10.8. The Kier molecular flexibility index (Phi) is 60.3. The van der Waals surface area contributed by atoms with Crippen LogP contribution in [0.3, 0.4) is 0 Å². The van der Waals surface area contributed by atoms with Crippen molar-refractivity contribution in [3.8, 4) is 0 Å². The van der Waals surface area contributed by atoms with Gasteiger partial charge < -0.3 is 33.8 Å². The second-order valence-electron chi connectivity index (χ2n) is 27.6. The van der Waals surface area contributed by atoms with E-state index in [1.165, 1.54) is 154 Å². The number of rotatable bonds is 69. The minimum Gasteiger partial charge on any atom is -0.462 e. The summed E-state index contributed by atoms with van der Waals surface area (Å²) in [5.41, 5.74) is 0. The van der Waals surface area contributed by atoms with Crippen LogP contribution in [0, 0.1) is 23.7 Å². The number of ether oxygens (including phenoxy) is 4. The van der Waals surface area contributed by atoms with Crippen molar-refractivity contribution >= 4 is 39.5 Å². The van der Waals surface area contributed by atoms with Crippen molar-refractivity contribution in [3.63, 3.8) is 0 Å². The number of carbonyl (C=O) groups excluding carboxylic acids is 4. The van der Waals surface area contributed by atoms with E-state index in [1.807, 2.05) is 0 Å². The average molecular weight is 1340 g/mol. The normalized spacial score (nSPS) is 14.5. The molecule has 17 nitrogen and oxygen atoms in total. The highest BCUT2D eigenvalue weighted by Gasteiger charge is 2.30. The highest BCUT2D eigenvalue weighted by atomic mass is 31.2. The molecule has 3 unspecified atom stereocenters. The van der Waals surface area contributed by atoms with Gasteiger partial charge in [0.1, 0.15) is 19.3 Å². The zero-order valence-corrected chi connectivity index (χ0v) is 61.3. The minimum absolute atomic E-state index is 0.101. The molecular formula is C72H140O17P2. The molecule has 0 aliphatic rings. The van der Waals surface area contributed by atoms with Crippen molar-refractivity contribution < 1.29 is 80.2 Å².